The normalized spacial score (nSPS) is 10.9. The largest absolute Gasteiger partial charge is 0.492 e. The third-order valence-corrected chi connectivity index (χ3v) is 2.64. The molecule has 0 radical (unpaired) electrons. The highest BCUT2D eigenvalue weighted by Crippen LogP contribution is 2.12. The van der Waals surface area contributed by atoms with Crippen molar-refractivity contribution in [2.45, 2.75) is 6.54 Å². The molecule has 18 heavy (non-hydrogen) atoms. The molecule has 0 fully saturated rings. The summed E-state index contributed by atoms with van der Waals surface area (Å²) in [6.45, 7) is 2.96. The van der Waals surface area contributed by atoms with Crippen LogP contribution >= 0.6 is 0 Å². The fraction of sp³-hybridized carbons (Fsp3) is 0.538. The average Bonchev–Trinajstić information content (AvgIpc) is 2.39. The van der Waals surface area contributed by atoms with Gasteiger partial charge in [-0.05, 0) is 17.7 Å². The minimum atomic E-state index is 0.0860. The van der Waals surface area contributed by atoms with Gasteiger partial charge in [0.15, 0.2) is 0 Å². The van der Waals surface area contributed by atoms with Gasteiger partial charge in [-0.2, -0.15) is 0 Å². The van der Waals surface area contributed by atoms with E-state index < -0.39 is 0 Å². The van der Waals surface area contributed by atoms with Crippen LogP contribution in [-0.2, 0) is 6.54 Å². The number of nitrogens with two attached hydrogens (primary N) is 1. The van der Waals surface area contributed by atoms with Crippen molar-refractivity contribution in [1.29, 1.82) is 0 Å². The van der Waals surface area contributed by atoms with Gasteiger partial charge in [0.1, 0.15) is 12.4 Å². The van der Waals surface area contributed by atoms with E-state index in [1.165, 1.54) is 0 Å². The van der Waals surface area contributed by atoms with E-state index in [0.717, 1.165) is 11.3 Å². The van der Waals surface area contributed by atoms with Gasteiger partial charge in [0.05, 0.1) is 13.2 Å². The smallest absolute Gasteiger partial charge is 0.119 e. The molecule has 4 N–H and O–H groups in total. The molecular weight excluding hydrogens is 232 g/mol. The van der Waals surface area contributed by atoms with Crippen LogP contribution in [0.25, 0.3) is 0 Å². The summed E-state index contributed by atoms with van der Waals surface area (Å²) < 4.78 is 5.61. The number of hydrogen-bond donors (Lipinski definition) is 3. The Labute approximate surface area is 108 Å². The van der Waals surface area contributed by atoms with Crippen molar-refractivity contribution in [3.63, 3.8) is 0 Å². The van der Waals surface area contributed by atoms with E-state index in [1.807, 2.05) is 29.2 Å². The van der Waals surface area contributed by atoms with Gasteiger partial charge in [0, 0.05) is 26.2 Å². The fourth-order valence-electron chi connectivity index (χ4n) is 1.67. The zero-order valence-corrected chi connectivity index (χ0v) is 10.6. The second-order valence-corrected chi connectivity index (χ2v) is 3.99. The van der Waals surface area contributed by atoms with Crippen molar-refractivity contribution < 1.29 is 14.9 Å². The molecule has 5 nitrogen and oxygen atoms in total. The van der Waals surface area contributed by atoms with Crippen molar-refractivity contribution in [2.75, 3.05) is 39.5 Å². The van der Waals surface area contributed by atoms with Gasteiger partial charge < -0.3 is 20.7 Å². The molecule has 0 amide bonds. The van der Waals surface area contributed by atoms with E-state index in [0.29, 0.717) is 32.8 Å². The van der Waals surface area contributed by atoms with Crippen LogP contribution in [0.3, 0.4) is 0 Å². The molecule has 0 aliphatic heterocycles. The molecule has 0 atom stereocenters. The summed E-state index contributed by atoms with van der Waals surface area (Å²) in [4.78, 5) is 1.95. The van der Waals surface area contributed by atoms with E-state index >= 15 is 0 Å². The first-order chi connectivity index (χ1) is 8.80. The SMILES string of the molecule is NCc1cccc(OCCN(CCO)CCO)c1. The van der Waals surface area contributed by atoms with Gasteiger partial charge in [-0.15, -0.1) is 0 Å². The highest BCUT2D eigenvalue weighted by Gasteiger charge is 2.03. The van der Waals surface area contributed by atoms with Gasteiger partial charge in [0.2, 0.25) is 0 Å². The molecule has 0 heterocycles. The number of ether oxygens (including phenoxy) is 1. The van der Waals surface area contributed by atoms with Crippen molar-refractivity contribution in [3.05, 3.63) is 29.8 Å². The molecule has 0 spiro atoms. The number of aliphatic hydroxyl groups excluding tert-OH is 2. The topological polar surface area (TPSA) is 79.0 Å². The summed E-state index contributed by atoms with van der Waals surface area (Å²) >= 11 is 0. The first kappa shape index (κ1) is 14.9. The Kier molecular flexibility index (Phi) is 7.36. The molecular formula is C13H22N2O3. The number of benzene rings is 1. The molecule has 0 saturated heterocycles. The first-order valence-corrected chi connectivity index (χ1v) is 6.16. The molecule has 1 aromatic rings. The van der Waals surface area contributed by atoms with Crippen LogP contribution in [0.5, 0.6) is 5.75 Å². The van der Waals surface area contributed by atoms with Crippen LogP contribution in [0.1, 0.15) is 5.56 Å². The lowest BCUT2D eigenvalue weighted by atomic mass is 10.2. The molecule has 5 heteroatoms. The van der Waals surface area contributed by atoms with Gasteiger partial charge in [-0.1, -0.05) is 12.1 Å². The van der Waals surface area contributed by atoms with Gasteiger partial charge >= 0.3 is 0 Å². The Bertz CT molecular complexity index is 328. The molecule has 0 bridgehead atoms. The molecule has 0 aliphatic carbocycles. The van der Waals surface area contributed by atoms with E-state index in [2.05, 4.69) is 0 Å². The van der Waals surface area contributed by atoms with E-state index in [1.54, 1.807) is 0 Å². The molecule has 0 aliphatic rings. The maximum Gasteiger partial charge on any atom is 0.119 e. The van der Waals surface area contributed by atoms with Crippen LogP contribution in [0.15, 0.2) is 24.3 Å². The zero-order valence-electron chi connectivity index (χ0n) is 10.6. The van der Waals surface area contributed by atoms with Crippen molar-refractivity contribution >= 4 is 0 Å². The Balaban J connectivity index is 2.34. The Morgan fingerprint density at radius 2 is 1.83 bits per heavy atom. The van der Waals surface area contributed by atoms with E-state index in [-0.39, 0.29) is 13.2 Å². The third-order valence-electron chi connectivity index (χ3n) is 2.64. The number of aliphatic hydroxyl groups is 2. The van der Waals surface area contributed by atoms with Gasteiger partial charge in [-0.25, -0.2) is 0 Å². The maximum atomic E-state index is 8.87. The minimum Gasteiger partial charge on any atom is -0.492 e. The lowest BCUT2D eigenvalue weighted by Gasteiger charge is -2.20. The molecule has 1 rings (SSSR count). The predicted molar refractivity (Wildman–Crippen MR) is 70.4 cm³/mol. The van der Waals surface area contributed by atoms with Crippen molar-refractivity contribution in [2.24, 2.45) is 5.73 Å². The summed E-state index contributed by atoms with van der Waals surface area (Å²) in [5.74, 6) is 0.797. The zero-order chi connectivity index (χ0) is 13.2. The quantitative estimate of drug-likeness (QED) is 0.569. The van der Waals surface area contributed by atoms with Crippen LogP contribution in [0.4, 0.5) is 0 Å². The molecule has 102 valence electrons. The molecule has 0 aromatic heterocycles. The molecule has 0 saturated carbocycles. The Hall–Kier alpha value is -1.14. The van der Waals surface area contributed by atoms with E-state index in [4.69, 9.17) is 20.7 Å². The number of rotatable bonds is 9. The van der Waals surface area contributed by atoms with Crippen LogP contribution in [0, 0.1) is 0 Å². The van der Waals surface area contributed by atoms with Crippen LogP contribution in [-0.4, -0.2) is 54.6 Å². The average molecular weight is 254 g/mol. The maximum absolute atomic E-state index is 8.87. The Morgan fingerprint density at radius 3 is 2.44 bits per heavy atom. The summed E-state index contributed by atoms with van der Waals surface area (Å²) in [7, 11) is 0. The Morgan fingerprint density at radius 1 is 1.11 bits per heavy atom. The lowest BCUT2D eigenvalue weighted by Crippen LogP contribution is -2.33. The van der Waals surface area contributed by atoms with Crippen molar-refractivity contribution in [1.82, 2.24) is 4.90 Å². The standard InChI is InChI=1S/C13H22N2O3/c14-11-12-2-1-3-13(10-12)18-9-6-15(4-7-16)5-8-17/h1-3,10,16-17H,4-9,11,14H2. The molecule has 1 aromatic carbocycles. The summed E-state index contributed by atoms with van der Waals surface area (Å²) in [6, 6.07) is 7.68. The highest BCUT2D eigenvalue weighted by atomic mass is 16.5. The number of hydrogen-bond acceptors (Lipinski definition) is 5. The first-order valence-electron chi connectivity index (χ1n) is 6.16. The predicted octanol–water partition coefficient (Wildman–Crippen LogP) is -0.189. The summed E-state index contributed by atoms with van der Waals surface area (Å²) in [5.41, 5.74) is 6.59. The minimum absolute atomic E-state index is 0.0860. The van der Waals surface area contributed by atoms with Gasteiger partial charge in [-0.3, -0.25) is 4.90 Å². The van der Waals surface area contributed by atoms with Gasteiger partial charge in [0.25, 0.3) is 0 Å². The van der Waals surface area contributed by atoms with Crippen LogP contribution < -0.4 is 10.5 Å². The molecule has 0 unspecified atom stereocenters. The van der Waals surface area contributed by atoms with E-state index in [9.17, 15) is 0 Å². The third kappa shape index (κ3) is 5.46. The summed E-state index contributed by atoms with van der Waals surface area (Å²) in [6.07, 6.45) is 0. The monoisotopic (exact) mass is 254 g/mol. The lowest BCUT2D eigenvalue weighted by molar-refractivity contribution is 0.141. The fourth-order valence-corrected chi connectivity index (χ4v) is 1.67. The second kappa shape index (κ2) is 8.88. The number of nitrogens with zero attached hydrogens (tertiary/aromatic N) is 1. The second-order valence-electron chi connectivity index (χ2n) is 3.99. The summed E-state index contributed by atoms with van der Waals surface area (Å²) in [5, 5.41) is 17.7. The van der Waals surface area contributed by atoms with Crippen LogP contribution in [0.2, 0.25) is 0 Å². The van der Waals surface area contributed by atoms with Crippen molar-refractivity contribution in [3.8, 4) is 5.75 Å². The highest BCUT2D eigenvalue weighted by molar-refractivity contribution is 5.28.